The number of hydrogen-bond donors (Lipinski definition) is 1. The zero-order valence-electron chi connectivity index (χ0n) is 17.8. The first-order chi connectivity index (χ1) is 15.9. The molecule has 2 aromatic carbocycles. The van der Waals surface area contributed by atoms with Gasteiger partial charge in [-0.3, -0.25) is 14.5 Å². The fourth-order valence-corrected chi connectivity index (χ4v) is 5.28. The predicted molar refractivity (Wildman–Crippen MR) is 131 cm³/mol. The second-order valence-electron chi connectivity index (χ2n) is 7.78. The molecule has 1 N–H and O–H groups in total. The minimum Gasteiger partial charge on any atom is -0.503 e. The van der Waals surface area contributed by atoms with Crippen molar-refractivity contribution in [3.05, 3.63) is 93.0 Å². The van der Waals surface area contributed by atoms with Crippen molar-refractivity contribution in [2.24, 2.45) is 0 Å². The first-order valence-corrected chi connectivity index (χ1v) is 12.0. The van der Waals surface area contributed by atoms with E-state index in [0.717, 1.165) is 21.1 Å². The Hall–Kier alpha value is -3.23. The molecule has 1 amide bonds. The lowest BCUT2D eigenvalue weighted by Crippen LogP contribution is -2.30. The molecule has 0 bridgehead atoms. The predicted octanol–water partition coefficient (Wildman–Crippen LogP) is 6.31. The molecular formula is C25H19BrN2O4S. The van der Waals surface area contributed by atoms with Crippen LogP contribution in [0.4, 0.5) is 5.13 Å². The van der Waals surface area contributed by atoms with Gasteiger partial charge in [0.15, 0.2) is 16.7 Å². The third-order valence-corrected chi connectivity index (χ3v) is 7.20. The number of thiazole rings is 1. The maximum absolute atomic E-state index is 13.4. The summed E-state index contributed by atoms with van der Waals surface area (Å²) in [5, 5.41) is 11.3. The summed E-state index contributed by atoms with van der Waals surface area (Å²) >= 11 is 4.78. The minimum atomic E-state index is -0.838. The Kier molecular flexibility index (Phi) is 5.42. The van der Waals surface area contributed by atoms with Crippen molar-refractivity contribution >= 4 is 54.3 Å². The van der Waals surface area contributed by atoms with Crippen molar-refractivity contribution in [1.29, 1.82) is 0 Å². The summed E-state index contributed by atoms with van der Waals surface area (Å²) in [6.07, 6.45) is 0.886. The van der Waals surface area contributed by atoms with Gasteiger partial charge in [0.1, 0.15) is 5.76 Å². The third kappa shape index (κ3) is 3.69. The Morgan fingerprint density at radius 2 is 1.94 bits per heavy atom. The monoisotopic (exact) mass is 522 g/mol. The number of ketones is 1. The second kappa shape index (κ2) is 8.28. The molecule has 33 heavy (non-hydrogen) atoms. The van der Waals surface area contributed by atoms with Gasteiger partial charge in [0.2, 0.25) is 5.78 Å². The van der Waals surface area contributed by atoms with Crippen molar-refractivity contribution in [2.75, 3.05) is 4.90 Å². The molecule has 0 saturated carbocycles. The molecule has 8 heteroatoms. The highest BCUT2D eigenvalue weighted by molar-refractivity contribution is 9.10. The number of aliphatic hydroxyl groups excluding tert-OH is 1. The molecule has 1 atom stereocenters. The first-order valence-electron chi connectivity index (χ1n) is 10.4. The van der Waals surface area contributed by atoms with E-state index in [9.17, 15) is 14.7 Å². The zero-order chi connectivity index (χ0) is 23.3. The number of fused-ring (bicyclic) bond motifs is 1. The largest absolute Gasteiger partial charge is 0.503 e. The number of aryl methyl sites for hydroxylation is 2. The van der Waals surface area contributed by atoms with Crippen LogP contribution in [0.25, 0.3) is 10.2 Å². The number of hydrogen-bond acceptors (Lipinski definition) is 6. The van der Waals surface area contributed by atoms with Gasteiger partial charge < -0.3 is 9.52 Å². The topological polar surface area (TPSA) is 83.6 Å². The van der Waals surface area contributed by atoms with E-state index < -0.39 is 23.5 Å². The second-order valence-corrected chi connectivity index (χ2v) is 9.71. The number of carbonyl (C=O) groups excluding carboxylic acids is 2. The fraction of sp³-hybridized carbons (Fsp3) is 0.160. The molecule has 4 aromatic rings. The van der Waals surface area contributed by atoms with Gasteiger partial charge in [-0.05, 0) is 60.9 Å². The molecule has 0 spiro atoms. The number of anilines is 1. The number of benzene rings is 2. The number of carbonyl (C=O) groups is 2. The lowest BCUT2D eigenvalue weighted by Gasteiger charge is -2.24. The van der Waals surface area contributed by atoms with Gasteiger partial charge >= 0.3 is 0 Å². The SMILES string of the molecule is CCc1ccc2nc(N3C(=O)C(O)=C(C(=O)c4ccc(C)o4)[C@H]3c3ccc(Br)cc3)sc2c1. The van der Waals surface area contributed by atoms with Crippen LogP contribution in [0.1, 0.15) is 40.4 Å². The van der Waals surface area contributed by atoms with Gasteiger partial charge in [-0.15, -0.1) is 0 Å². The molecule has 166 valence electrons. The molecule has 6 nitrogen and oxygen atoms in total. The summed E-state index contributed by atoms with van der Waals surface area (Å²) in [5.74, 6) is -1.14. The first kappa shape index (κ1) is 21.6. The van der Waals surface area contributed by atoms with Crippen molar-refractivity contribution in [3.63, 3.8) is 0 Å². The van der Waals surface area contributed by atoms with Crippen LogP contribution in [-0.4, -0.2) is 21.8 Å². The summed E-state index contributed by atoms with van der Waals surface area (Å²) in [4.78, 5) is 32.7. The number of nitrogens with zero attached hydrogens (tertiary/aromatic N) is 2. The molecule has 0 radical (unpaired) electrons. The molecule has 5 rings (SSSR count). The summed E-state index contributed by atoms with van der Waals surface area (Å²) in [5.41, 5.74) is 2.58. The Balaban J connectivity index is 1.66. The number of rotatable bonds is 5. The lowest BCUT2D eigenvalue weighted by atomic mass is 9.95. The van der Waals surface area contributed by atoms with Gasteiger partial charge in [0.25, 0.3) is 5.91 Å². The van der Waals surface area contributed by atoms with E-state index >= 15 is 0 Å². The number of Topliss-reactive ketones (excluding diaryl/α,β-unsaturated/α-hetero) is 1. The van der Waals surface area contributed by atoms with Gasteiger partial charge in [-0.2, -0.15) is 0 Å². The maximum atomic E-state index is 13.4. The Morgan fingerprint density at radius 1 is 1.18 bits per heavy atom. The van der Waals surface area contributed by atoms with Gasteiger partial charge in [0, 0.05) is 4.47 Å². The molecule has 1 aliphatic rings. The van der Waals surface area contributed by atoms with E-state index in [4.69, 9.17) is 4.42 Å². The number of aliphatic hydroxyl groups is 1. The van der Waals surface area contributed by atoms with Crippen molar-refractivity contribution in [1.82, 2.24) is 4.98 Å². The molecular weight excluding hydrogens is 504 g/mol. The number of aromatic nitrogens is 1. The highest BCUT2D eigenvalue weighted by Crippen LogP contribution is 2.44. The van der Waals surface area contributed by atoms with Crippen LogP contribution in [0.2, 0.25) is 0 Å². The van der Waals surface area contributed by atoms with E-state index in [1.165, 1.54) is 21.8 Å². The van der Waals surface area contributed by atoms with E-state index in [1.54, 1.807) is 19.1 Å². The number of furan rings is 1. The van der Waals surface area contributed by atoms with Crippen LogP contribution in [-0.2, 0) is 11.2 Å². The smallest absolute Gasteiger partial charge is 0.296 e. The minimum absolute atomic E-state index is 0.0230. The van der Waals surface area contributed by atoms with E-state index in [0.29, 0.717) is 16.5 Å². The van der Waals surface area contributed by atoms with Crippen molar-refractivity contribution in [2.45, 2.75) is 26.3 Å². The zero-order valence-corrected chi connectivity index (χ0v) is 20.2. The van der Waals surface area contributed by atoms with Crippen LogP contribution in [0.3, 0.4) is 0 Å². The summed E-state index contributed by atoms with van der Waals surface area (Å²) in [6, 6.07) is 15.7. The van der Waals surface area contributed by atoms with Gasteiger partial charge in [0.05, 0.1) is 21.8 Å². The highest BCUT2D eigenvalue weighted by atomic mass is 79.9. The maximum Gasteiger partial charge on any atom is 0.296 e. The molecule has 0 aliphatic carbocycles. The van der Waals surface area contributed by atoms with Crippen LogP contribution >= 0.6 is 27.3 Å². The van der Waals surface area contributed by atoms with Crippen LogP contribution in [0.5, 0.6) is 0 Å². The highest BCUT2D eigenvalue weighted by Gasteiger charge is 2.46. The molecule has 0 saturated heterocycles. The summed E-state index contributed by atoms with van der Waals surface area (Å²) < 4.78 is 7.31. The molecule has 0 fully saturated rings. The van der Waals surface area contributed by atoms with E-state index in [-0.39, 0.29) is 11.3 Å². The van der Waals surface area contributed by atoms with E-state index in [1.807, 2.05) is 36.4 Å². The normalized spacial score (nSPS) is 16.3. The van der Waals surface area contributed by atoms with Crippen LogP contribution in [0, 0.1) is 6.92 Å². The number of amides is 1. The van der Waals surface area contributed by atoms with Crippen molar-refractivity contribution in [3.8, 4) is 0 Å². The molecule has 0 unspecified atom stereocenters. The quantitative estimate of drug-likeness (QED) is 0.310. The van der Waals surface area contributed by atoms with Crippen LogP contribution < -0.4 is 4.90 Å². The Morgan fingerprint density at radius 3 is 2.61 bits per heavy atom. The molecule has 2 aromatic heterocycles. The standard InChI is InChI=1S/C25H19BrN2O4S/c1-3-14-5-10-17-19(12-14)33-25(27-17)28-21(15-6-8-16(26)9-7-15)20(23(30)24(28)31)22(29)18-11-4-13(2)32-18/h4-12,21,30H,3H2,1-2H3/t21-/m1/s1. The van der Waals surface area contributed by atoms with Gasteiger partial charge in [-0.25, -0.2) is 4.98 Å². The lowest BCUT2D eigenvalue weighted by molar-refractivity contribution is -0.117. The molecule has 1 aliphatic heterocycles. The van der Waals surface area contributed by atoms with Crippen molar-refractivity contribution < 1.29 is 19.1 Å². The summed E-state index contributed by atoms with van der Waals surface area (Å²) in [7, 11) is 0. The van der Waals surface area contributed by atoms with E-state index in [2.05, 4.69) is 33.9 Å². The Bertz CT molecular complexity index is 1430. The fourth-order valence-electron chi connectivity index (χ4n) is 3.96. The third-order valence-electron chi connectivity index (χ3n) is 5.66. The number of halogens is 1. The average molecular weight is 523 g/mol. The summed E-state index contributed by atoms with van der Waals surface area (Å²) in [6.45, 7) is 3.81. The van der Waals surface area contributed by atoms with Crippen LogP contribution in [0.15, 0.2) is 74.8 Å². The molecule has 3 heterocycles. The average Bonchev–Trinajstić information content (AvgIpc) is 3.49. The Labute approximate surface area is 202 Å². The van der Waals surface area contributed by atoms with Gasteiger partial charge in [-0.1, -0.05) is 52.4 Å².